The molecular weight excluding hydrogens is 232 g/mol. The molecular formula is C13H20N2O3. The molecule has 1 amide bonds. The van der Waals surface area contributed by atoms with Gasteiger partial charge in [-0.3, -0.25) is 4.79 Å². The van der Waals surface area contributed by atoms with Gasteiger partial charge < -0.3 is 15.2 Å². The molecule has 0 aliphatic rings. The molecule has 5 heteroatoms. The van der Waals surface area contributed by atoms with Crippen molar-refractivity contribution in [1.29, 1.82) is 0 Å². The highest BCUT2D eigenvalue weighted by molar-refractivity contribution is 5.93. The van der Waals surface area contributed by atoms with Crippen LogP contribution < -0.4 is 10.1 Å². The van der Waals surface area contributed by atoms with Crippen LogP contribution in [0.25, 0.3) is 0 Å². The van der Waals surface area contributed by atoms with E-state index in [1.165, 1.54) is 6.20 Å². The van der Waals surface area contributed by atoms with Gasteiger partial charge in [0.15, 0.2) is 0 Å². The Morgan fingerprint density at radius 2 is 2.17 bits per heavy atom. The van der Waals surface area contributed by atoms with Crippen LogP contribution >= 0.6 is 0 Å². The summed E-state index contributed by atoms with van der Waals surface area (Å²) in [5.74, 6) is 0.356. The van der Waals surface area contributed by atoms with Gasteiger partial charge in [0.05, 0.1) is 11.7 Å². The Balaban J connectivity index is 2.53. The van der Waals surface area contributed by atoms with E-state index in [-0.39, 0.29) is 24.5 Å². The van der Waals surface area contributed by atoms with Crippen LogP contribution in [0.4, 0.5) is 0 Å². The maximum absolute atomic E-state index is 11.7. The molecule has 0 spiro atoms. The fraction of sp³-hybridized carbons (Fsp3) is 0.538. The second-order valence-electron chi connectivity index (χ2n) is 4.55. The van der Waals surface area contributed by atoms with Crippen molar-refractivity contribution in [3.05, 3.63) is 23.9 Å². The Morgan fingerprint density at radius 1 is 1.44 bits per heavy atom. The Labute approximate surface area is 107 Å². The minimum absolute atomic E-state index is 0.0467. The summed E-state index contributed by atoms with van der Waals surface area (Å²) in [6.07, 6.45) is 1.54. The maximum atomic E-state index is 11.7. The minimum atomic E-state index is -0.195. The Bertz CT molecular complexity index is 376. The topological polar surface area (TPSA) is 71.5 Å². The number of nitrogens with one attached hydrogen (secondary N) is 1. The predicted octanol–water partition coefficient (Wildman–Crippen LogP) is 1.23. The Morgan fingerprint density at radius 3 is 2.67 bits per heavy atom. The normalized spacial score (nSPS) is 12.3. The standard InChI is InChI=1S/C13H20N2O3/c1-9(2)18-12-5-4-11(7-14-12)13(17)15-6-10(3)8-16/h4-5,7,9-10,16H,6,8H2,1-3H3,(H,15,17). The van der Waals surface area contributed by atoms with Crippen LogP contribution in [0.5, 0.6) is 5.88 Å². The highest BCUT2D eigenvalue weighted by atomic mass is 16.5. The van der Waals surface area contributed by atoms with Gasteiger partial charge in [-0.1, -0.05) is 6.92 Å². The molecule has 100 valence electrons. The molecule has 0 aromatic carbocycles. The highest BCUT2D eigenvalue weighted by Crippen LogP contribution is 2.09. The number of rotatable bonds is 6. The Kier molecular flexibility index (Phi) is 5.58. The van der Waals surface area contributed by atoms with Gasteiger partial charge in [-0.2, -0.15) is 0 Å². The summed E-state index contributed by atoms with van der Waals surface area (Å²) in [6, 6.07) is 3.34. The summed E-state index contributed by atoms with van der Waals surface area (Å²) >= 11 is 0. The SMILES string of the molecule is CC(CO)CNC(=O)c1ccc(OC(C)C)nc1. The molecule has 0 saturated carbocycles. The van der Waals surface area contributed by atoms with E-state index in [1.54, 1.807) is 12.1 Å². The van der Waals surface area contributed by atoms with E-state index < -0.39 is 0 Å². The van der Waals surface area contributed by atoms with E-state index in [0.717, 1.165) is 0 Å². The number of carbonyl (C=O) groups is 1. The van der Waals surface area contributed by atoms with E-state index in [4.69, 9.17) is 9.84 Å². The minimum Gasteiger partial charge on any atom is -0.475 e. The predicted molar refractivity (Wildman–Crippen MR) is 68.6 cm³/mol. The monoisotopic (exact) mass is 252 g/mol. The number of carbonyl (C=O) groups excluding carboxylic acids is 1. The second kappa shape index (κ2) is 6.96. The van der Waals surface area contributed by atoms with Crippen molar-refractivity contribution >= 4 is 5.91 Å². The molecule has 1 atom stereocenters. The molecule has 0 aliphatic heterocycles. The summed E-state index contributed by atoms with van der Waals surface area (Å²) in [6.45, 7) is 6.19. The third-order valence-electron chi connectivity index (χ3n) is 2.28. The van der Waals surface area contributed by atoms with Crippen LogP contribution in [0, 0.1) is 5.92 Å². The maximum Gasteiger partial charge on any atom is 0.252 e. The molecule has 1 unspecified atom stereocenters. The third kappa shape index (κ3) is 4.71. The summed E-state index contributed by atoms with van der Waals surface area (Å²) in [5.41, 5.74) is 0.483. The number of aromatic nitrogens is 1. The molecule has 18 heavy (non-hydrogen) atoms. The van der Waals surface area contributed by atoms with Gasteiger partial charge in [-0.05, 0) is 25.8 Å². The molecule has 1 aromatic heterocycles. The molecule has 1 aromatic rings. The molecule has 1 rings (SSSR count). The first-order valence-electron chi connectivity index (χ1n) is 6.04. The quantitative estimate of drug-likeness (QED) is 0.798. The van der Waals surface area contributed by atoms with Gasteiger partial charge in [-0.25, -0.2) is 4.98 Å². The largest absolute Gasteiger partial charge is 0.475 e. The average molecular weight is 252 g/mol. The zero-order valence-electron chi connectivity index (χ0n) is 11.0. The number of aliphatic hydroxyl groups is 1. The van der Waals surface area contributed by atoms with Crippen LogP contribution in [0.3, 0.4) is 0 Å². The lowest BCUT2D eigenvalue weighted by Crippen LogP contribution is -2.29. The van der Waals surface area contributed by atoms with Crippen LogP contribution in [-0.4, -0.2) is 35.3 Å². The zero-order valence-corrected chi connectivity index (χ0v) is 11.0. The second-order valence-corrected chi connectivity index (χ2v) is 4.55. The van der Waals surface area contributed by atoms with Gasteiger partial charge in [0.1, 0.15) is 0 Å². The van der Waals surface area contributed by atoms with Crippen LogP contribution in [0.1, 0.15) is 31.1 Å². The number of amides is 1. The van der Waals surface area contributed by atoms with Crippen LogP contribution in [0.2, 0.25) is 0 Å². The summed E-state index contributed by atoms with van der Waals surface area (Å²) in [5, 5.41) is 11.6. The Hall–Kier alpha value is -1.62. The molecule has 0 saturated heterocycles. The smallest absolute Gasteiger partial charge is 0.252 e. The van der Waals surface area contributed by atoms with Crippen molar-refractivity contribution in [2.75, 3.05) is 13.2 Å². The van der Waals surface area contributed by atoms with Gasteiger partial charge in [0.2, 0.25) is 5.88 Å². The van der Waals surface area contributed by atoms with Crippen molar-refractivity contribution in [3.63, 3.8) is 0 Å². The van der Waals surface area contributed by atoms with E-state index >= 15 is 0 Å². The van der Waals surface area contributed by atoms with Gasteiger partial charge in [0.25, 0.3) is 5.91 Å². The first-order valence-corrected chi connectivity index (χ1v) is 6.04. The van der Waals surface area contributed by atoms with Gasteiger partial charge in [0, 0.05) is 25.4 Å². The summed E-state index contributed by atoms with van der Waals surface area (Å²) in [7, 11) is 0. The van der Waals surface area contributed by atoms with E-state index in [9.17, 15) is 4.79 Å². The average Bonchev–Trinajstić information content (AvgIpc) is 2.35. The molecule has 0 bridgehead atoms. The zero-order chi connectivity index (χ0) is 13.5. The molecule has 0 aliphatic carbocycles. The fourth-order valence-electron chi connectivity index (χ4n) is 1.26. The van der Waals surface area contributed by atoms with E-state index in [2.05, 4.69) is 10.3 Å². The summed E-state index contributed by atoms with van der Waals surface area (Å²) in [4.78, 5) is 15.8. The number of hydrogen-bond donors (Lipinski definition) is 2. The first kappa shape index (κ1) is 14.4. The van der Waals surface area contributed by atoms with Crippen molar-refractivity contribution < 1.29 is 14.6 Å². The molecule has 0 fully saturated rings. The molecule has 1 heterocycles. The number of aliphatic hydroxyl groups excluding tert-OH is 1. The van der Waals surface area contributed by atoms with Crippen LogP contribution in [0.15, 0.2) is 18.3 Å². The van der Waals surface area contributed by atoms with Crippen molar-refractivity contribution in [1.82, 2.24) is 10.3 Å². The van der Waals surface area contributed by atoms with E-state index in [1.807, 2.05) is 20.8 Å². The number of nitrogens with zero attached hydrogens (tertiary/aromatic N) is 1. The number of hydrogen-bond acceptors (Lipinski definition) is 4. The summed E-state index contributed by atoms with van der Waals surface area (Å²) < 4.78 is 5.39. The number of ether oxygens (including phenoxy) is 1. The number of pyridine rings is 1. The molecule has 2 N–H and O–H groups in total. The fourth-order valence-corrected chi connectivity index (χ4v) is 1.26. The van der Waals surface area contributed by atoms with Crippen molar-refractivity contribution in [2.45, 2.75) is 26.9 Å². The van der Waals surface area contributed by atoms with Crippen LogP contribution in [-0.2, 0) is 0 Å². The first-order chi connectivity index (χ1) is 8.52. The lowest BCUT2D eigenvalue weighted by atomic mass is 10.2. The van der Waals surface area contributed by atoms with Gasteiger partial charge >= 0.3 is 0 Å². The van der Waals surface area contributed by atoms with E-state index in [0.29, 0.717) is 18.0 Å². The highest BCUT2D eigenvalue weighted by Gasteiger charge is 2.08. The third-order valence-corrected chi connectivity index (χ3v) is 2.28. The van der Waals surface area contributed by atoms with Gasteiger partial charge in [-0.15, -0.1) is 0 Å². The lowest BCUT2D eigenvalue weighted by Gasteiger charge is -2.10. The molecule has 5 nitrogen and oxygen atoms in total. The van der Waals surface area contributed by atoms with Crippen molar-refractivity contribution in [3.8, 4) is 5.88 Å². The lowest BCUT2D eigenvalue weighted by molar-refractivity contribution is 0.0942. The van der Waals surface area contributed by atoms with Crippen molar-refractivity contribution in [2.24, 2.45) is 5.92 Å². The molecule has 0 radical (unpaired) electrons.